The summed E-state index contributed by atoms with van der Waals surface area (Å²) in [7, 11) is 0. The van der Waals surface area contributed by atoms with Gasteiger partial charge in [0.25, 0.3) is 0 Å². The lowest BCUT2D eigenvalue weighted by Crippen LogP contribution is -2.39. The molecule has 1 aliphatic rings. The molecule has 1 saturated heterocycles. The number of hydrogen-bond donors (Lipinski definition) is 2. The summed E-state index contributed by atoms with van der Waals surface area (Å²) in [5, 5.41) is 0. The summed E-state index contributed by atoms with van der Waals surface area (Å²) in [5.74, 6) is -0.225. The van der Waals surface area contributed by atoms with Crippen LogP contribution in [0.25, 0.3) is 0 Å². The third-order valence-electron chi connectivity index (χ3n) is 2.68. The molecular formula is C10H21N3O2. The highest BCUT2D eigenvalue weighted by atomic mass is 16.5. The summed E-state index contributed by atoms with van der Waals surface area (Å²) in [5.41, 5.74) is 10.5. The maximum Gasteiger partial charge on any atom is 0.218 e. The van der Waals surface area contributed by atoms with Crippen molar-refractivity contribution >= 4 is 5.91 Å². The molecule has 0 radical (unpaired) electrons. The van der Waals surface area contributed by atoms with E-state index in [-0.39, 0.29) is 5.91 Å². The molecule has 0 saturated carbocycles. The number of hydrogen-bond acceptors (Lipinski definition) is 4. The van der Waals surface area contributed by atoms with E-state index >= 15 is 0 Å². The number of nitrogens with zero attached hydrogens (tertiary/aromatic N) is 1. The van der Waals surface area contributed by atoms with Crippen LogP contribution in [0.3, 0.4) is 0 Å². The van der Waals surface area contributed by atoms with E-state index < -0.39 is 0 Å². The summed E-state index contributed by atoms with van der Waals surface area (Å²) in [4.78, 5) is 12.9. The van der Waals surface area contributed by atoms with E-state index in [0.29, 0.717) is 25.7 Å². The fourth-order valence-corrected chi connectivity index (χ4v) is 1.80. The molecule has 5 nitrogen and oxygen atoms in total. The van der Waals surface area contributed by atoms with Gasteiger partial charge in [0.2, 0.25) is 5.91 Å². The summed E-state index contributed by atoms with van der Waals surface area (Å²) in [6.45, 7) is 3.98. The fraction of sp³-hybridized carbons (Fsp3) is 0.900. The predicted octanol–water partition coefficient (Wildman–Crippen LogP) is -0.698. The molecule has 1 amide bonds. The van der Waals surface area contributed by atoms with Gasteiger partial charge < -0.3 is 21.1 Å². The van der Waals surface area contributed by atoms with Crippen molar-refractivity contribution in [1.82, 2.24) is 4.90 Å². The Hall–Kier alpha value is -0.650. The molecule has 0 bridgehead atoms. The zero-order valence-electron chi connectivity index (χ0n) is 9.15. The summed E-state index contributed by atoms with van der Waals surface area (Å²) >= 11 is 0. The van der Waals surface area contributed by atoms with E-state index in [2.05, 4.69) is 4.90 Å². The van der Waals surface area contributed by atoms with Gasteiger partial charge in [-0.2, -0.15) is 0 Å². The lowest BCUT2D eigenvalue weighted by molar-refractivity contribution is -0.118. The number of rotatable bonds is 6. The van der Waals surface area contributed by atoms with E-state index in [1.54, 1.807) is 0 Å². The smallest absolute Gasteiger partial charge is 0.218 e. The minimum absolute atomic E-state index is 0.225. The van der Waals surface area contributed by atoms with Crippen molar-refractivity contribution in [3.05, 3.63) is 0 Å². The van der Waals surface area contributed by atoms with Gasteiger partial charge in [-0.05, 0) is 12.8 Å². The summed E-state index contributed by atoms with van der Waals surface area (Å²) in [6.07, 6.45) is 2.85. The maximum atomic E-state index is 10.6. The number of carbonyl (C=O) groups is 1. The van der Waals surface area contributed by atoms with Crippen molar-refractivity contribution in [1.29, 1.82) is 0 Å². The summed E-state index contributed by atoms with van der Waals surface area (Å²) < 4.78 is 5.56. The molecule has 0 aromatic heterocycles. The van der Waals surface area contributed by atoms with E-state index in [1.807, 2.05) is 0 Å². The number of piperidine rings is 1. The average molecular weight is 215 g/mol. The van der Waals surface area contributed by atoms with Gasteiger partial charge in [0.05, 0.1) is 12.7 Å². The van der Waals surface area contributed by atoms with Crippen molar-refractivity contribution in [2.75, 3.05) is 32.8 Å². The van der Waals surface area contributed by atoms with Crippen molar-refractivity contribution in [2.45, 2.75) is 25.4 Å². The minimum Gasteiger partial charge on any atom is -0.377 e. The van der Waals surface area contributed by atoms with Gasteiger partial charge in [-0.3, -0.25) is 4.79 Å². The Morgan fingerprint density at radius 2 is 2.07 bits per heavy atom. The molecule has 1 rings (SSSR count). The van der Waals surface area contributed by atoms with Gasteiger partial charge in [0.15, 0.2) is 0 Å². The Bertz CT molecular complexity index is 191. The Kier molecular flexibility index (Phi) is 5.60. The lowest BCUT2D eigenvalue weighted by atomic mass is 10.1. The first kappa shape index (κ1) is 12.4. The SMILES string of the molecule is NCCOC1CCN(CCC(N)=O)CC1. The second-order valence-corrected chi connectivity index (χ2v) is 3.92. The van der Waals surface area contributed by atoms with Crippen molar-refractivity contribution in [3.8, 4) is 0 Å². The quantitative estimate of drug-likeness (QED) is 0.614. The molecule has 0 aromatic carbocycles. The first-order valence-corrected chi connectivity index (χ1v) is 5.54. The molecule has 0 spiro atoms. The Morgan fingerprint density at radius 1 is 1.40 bits per heavy atom. The van der Waals surface area contributed by atoms with E-state index in [9.17, 15) is 4.79 Å². The van der Waals surface area contributed by atoms with Crippen LogP contribution in [0.2, 0.25) is 0 Å². The number of carbonyl (C=O) groups excluding carboxylic acids is 1. The molecule has 1 heterocycles. The predicted molar refractivity (Wildman–Crippen MR) is 58.3 cm³/mol. The zero-order valence-corrected chi connectivity index (χ0v) is 9.15. The zero-order chi connectivity index (χ0) is 11.1. The van der Waals surface area contributed by atoms with Gasteiger partial charge in [0, 0.05) is 32.6 Å². The molecule has 0 unspecified atom stereocenters. The average Bonchev–Trinajstić information content (AvgIpc) is 2.25. The molecule has 1 fully saturated rings. The van der Waals surface area contributed by atoms with Crippen LogP contribution < -0.4 is 11.5 Å². The molecule has 0 atom stereocenters. The standard InChI is InChI=1S/C10H21N3O2/c11-4-8-15-9-1-5-13(6-2-9)7-3-10(12)14/h9H,1-8,11H2,(H2,12,14). The van der Waals surface area contributed by atoms with E-state index in [4.69, 9.17) is 16.2 Å². The first-order chi connectivity index (χ1) is 7.22. The van der Waals surface area contributed by atoms with Crippen LogP contribution in [-0.2, 0) is 9.53 Å². The molecule has 4 N–H and O–H groups in total. The third kappa shape index (κ3) is 5.11. The van der Waals surface area contributed by atoms with Gasteiger partial charge in [-0.1, -0.05) is 0 Å². The molecule has 88 valence electrons. The molecule has 5 heteroatoms. The minimum atomic E-state index is -0.225. The van der Waals surface area contributed by atoms with Crippen molar-refractivity contribution in [3.63, 3.8) is 0 Å². The van der Waals surface area contributed by atoms with Crippen LogP contribution in [0, 0.1) is 0 Å². The number of ether oxygens (including phenoxy) is 1. The Morgan fingerprint density at radius 3 is 2.60 bits per heavy atom. The molecule has 0 aromatic rings. The number of likely N-dealkylation sites (tertiary alicyclic amines) is 1. The molecular weight excluding hydrogens is 194 g/mol. The second kappa shape index (κ2) is 6.76. The van der Waals surface area contributed by atoms with E-state index in [1.165, 1.54) is 0 Å². The van der Waals surface area contributed by atoms with Crippen LogP contribution in [-0.4, -0.2) is 49.7 Å². The third-order valence-corrected chi connectivity index (χ3v) is 2.68. The largest absolute Gasteiger partial charge is 0.377 e. The Balaban J connectivity index is 2.09. The van der Waals surface area contributed by atoms with Crippen molar-refractivity contribution in [2.24, 2.45) is 11.5 Å². The van der Waals surface area contributed by atoms with Crippen LogP contribution in [0.5, 0.6) is 0 Å². The number of primary amides is 1. The van der Waals surface area contributed by atoms with Crippen molar-refractivity contribution < 1.29 is 9.53 Å². The molecule has 0 aliphatic carbocycles. The normalized spacial score (nSPS) is 19.3. The first-order valence-electron chi connectivity index (χ1n) is 5.54. The second-order valence-electron chi connectivity index (χ2n) is 3.92. The summed E-state index contributed by atoms with van der Waals surface area (Å²) in [6, 6.07) is 0. The fourth-order valence-electron chi connectivity index (χ4n) is 1.80. The van der Waals surface area contributed by atoms with Gasteiger partial charge >= 0.3 is 0 Å². The van der Waals surface area contributed by atoms with Gasteiger partial charge in [-0.25, -0.2) is 0 Å². The highest BCUT2D eigenvalue weighted by molar-refractivity contribution is 5.73. The molecule has 1 aliphatic heterocycles. The van der Waals surface area contributed by atoms with Gasteiger partial charge in [0.1, 0.15) is 0 Å². The maximum absolute atomic E-state index is 10.6. The van der Waals surface area contributed by atoms with Gasteiger partial charge in [-0.15, -0.1) is 0 Å². The van der Waals surface area contributed by atoms with Crippen LogP contribution in [0.4, 0.5) is 0 Å². The number of amides is 1. The molecule has 15 heavy (non-hydrogen) atoms. The Labute approximate surface area is 90.7 Å². The monoisotopic (exact) mass is 215 g/mol. The highest BCUT2D eigenvalue weighted by Gasteiger charge is 2.19. The highest BCUT2D eigenvalue weighted by Crippen LogP contribution is 2.13. The van der Waals surface area contributed by atoms with Crippen LogP contribution in [0.1, 0.15) is 19.3 Å². The topological polar surface area (TPSA) is 81.6 Å². The van der Waals surface area contributed by atoms with E-state index in [0.717, 1.165) is 32.5 Å². The lowest BCUT2D eigenvalue weighted by Gasteiger charge is -2.31. The van der Waals surface area contributed by atoms with Crippen LogP contribution in [0.15, 0.2) is 0 Å². The van der Waals surface area contributed by atoms with Crippen LogP contribution >= 0.6 is 0 Å². The number of nitrogens with two attached hydrogens (primary N) is 2.